The number of allylic oxidation sites excluding steroid dienone is 1. The van der Waals surface area contributed by atoms with Gasteiger partial charge >= 0.3 is 11.8 Å². The third-order valence-electron chi connectivity index (χ3n) is 3.99. The van der Waals surface area contributed by atoms with Gasteiger partial charge in [-0.05, 0) is 53.8 Å². The minimum atomic E-state index is -0.846. The number of hydrazone groups is 1. The van der Waals surface area contributed by atoms with Crippen LogP contribution in [-0.2, 0) is 9.59 Å². The van der Waals surface area contributed by atoms with Crippen molar-refractivity contribution in [3.63, 3.8) is 0 Å². The molecule has 6 nitrogen and oxygen atoms in total. The Kier molecular flexibility index (Phi) is 7.51. The quantitative estimate of drug-likeness (QED) is 0.453. The Morgan fingerprint density at radius 2 is 1.64 bits per heavy atom. The van der Waals surface area contributed by atoms with E-state index in [0.29, 0.717) is 17.4 Å². The fraction of sp³-hybridized carbons (Fsp3) is 0.227. The number of hydrogen-bond donors (Lipinski definition) is 2. The SMILES string of the molecule is COc1ccc(NC(=O)C(=O)NN=CC(C)=Cc2ccc(C(C)C)cc2)cc1. The fourth-order valence-electron chi connectivity index (χ4n) is 2.38. The highest BCUT2D eigenvalue weighted by molar-refractivity contribution is 6.39. The van der Waals surface area contributed by atoms with Gasteiger partial charge in [0.15, 0.2) is 0 Å². The number of ether oxygens (including phenoxy) is 1. The molecule has 0 spiro atoms. The van der Waals surface area contributed by atoms with Crippen molar-refractivity contribution >= 4 is 29.8 Å². The van der Waals surface area contributed by atoms with Crippen LogP contribution in [0.4, 0.5) is 5.69 Å². The van der Waals surface area contributed by atoms with Crippen molar-refractivity contribution in [2.75, 3.05) is 12.4 Å². The molecule has 0 aliphatic rings. The Hall–Kier alpha value is -3.41. The number of carbonyl (C=O) groups excluding carboxylic acids is 2. The molecular weight excluding hydrogens is 354 g/mol. The van der Waals surface area contributed by atoms with Crippen molar-refractivity contribution in [3.05, 3.63) is 65.2 Å². The first kappa shape index (κ1) is 20.9. The predicted molar refractivity (Wildman–Crippen MR) is 112 cm³/mol. The first-order valence-corrected chi connectivity index (χ1v) is 8.95. The second-order valence-electron chi connectivity index (χ2n) is 6.59. The summed E-state index contributed by atoms with van der Waals surface area (Å²) in [5.41, 5.74) is 5.87. The van der Waals surface area contributed by atoms with Crippen molar-refractivity contribution in [2.24, 2.45) is 5.10 Å². The van der Waals surface area contributed by atoms with Crippen molar-refractivity contribution in [2.45, 2.75) is 26.7 Å². The highest BCUT2D eigenvalue weighted by atomic mass is 16.5. The highest BCUT2D eigenvalue weighted by Gasteiger charge is 2.12. The van der Waals surface area contributed by atoms with E-state index >= 15 is 0 Å². The molecule has 0 aromatic heterocycles. The van der Waals surface area contributed by atoms with Gasteiger partial charge in [-0.15, -0.1) is 0 Å². The van der Waals surface area contributed by atoms with Gasteiger partial charge in [-0.2, -0.15) is 5.10 Å². The van der Waals surface area contributed by atoms with Crippen LogP contribution in [0.25, 0.3) is 6.08 Å². The lowest BCUT2D eigenvalue weighted by Crippen LogP contribution is -2.32. The van der Waals surface area contributed by atoms with Crippen LogP contribution in [0.15, 0.2) is 59.2 Å². The number of rotatable bonds is 6. The molecule has 0 heterocycles. The summed E-state index contributed by atoms with van der Waals surface area (Å²) in [5.74, 6) is -0.498. The monoisotopic (exact) mass is 379 g/mol. The average molecular weight is 379 g/mol. The van der Waals surface area contributed by atoms with Gasteiger partial charge in [0.2, 0.25) is 0 Å². The summed E-state index contributed by atoms with van der Waals surface area (Å²) < 4.78 is 5.04. The summed E-state index contributed by atoms with van der Waals surface area (Å²) in [6.45, 7) is 6.16. The molecule has 0 fully saturated rings. The van der Waals surface area contributed by atoms with Gasteiger partial charge in [-0.25, -0.2) is 5.43 Å². The summed E-state index contributed by atoms with van der Waals surface area (Å²) in [6, 6.07) is 14.9. The van der Waals surface area contributed by atoms with Crippen LogP contribution in [0.5, 0.6) is 5.75 Å². The molecule has 0 radical (unpaired) electrons. The zero-order valence-corrected chi connectivity index (χ0v) is 16.5. The molecule has 2 aromatic rings. The largest absolute Gasteiger partial charge is 0.497 e. The van der Waals surface area contributed by atoms with Crippen molar-refractivity contribution < 1.29 is 14.3 Å². The second-order valence-corrected chi connectivity index (χ2v) is 6.59. The lowest BCUT2D eigenvalue weighted by molar-refractivity contribution is -0.136. The number of amides is 2. The Bertz CT molecular complexity index is 867. The van der Waals surface area contributed by atoms with Gasteiger partial charge in [-0.1, -0.05) is 44.2 Å². The molecule has 0 saturated carbocycles. The zero-order valence-electron chi connectivity index (χ0n) is 16.5. The van der Waals surface area contributed by atoms with E-state index in [0.717, 1.165) is 11.1 Å². The molecule has 0 unspecified atom stereocenters. The molecule has 0 aliphatic carbocycles. The number of nitrogens with zero attached hydrogens (tertiary/aromatic N) is 1. The standard InChI is InChI=1S/C22H25N3O3/c1-15(2)18-7-5-17(6-8-18)13-16(3)14-23-25-22(27)21(26)24-19-9-11-20(28-4)12-10-19/h5-15H,1-4H3,(H,24,26)(H,25,27). The third kappa shape index (κ3) is 6.39. The maximum Gasteiger partial charge on any atom is 0.329 e. The third-order valence-corrected chi connectivity index (χ3v) is 3.99. The van der Waals surface area contributed by atoms with E-state index < -0.39 is 11.8 Å². The topological polar surface area (TPSA) is 79.8 Å². The van der Waals surface area contributed by atoms with Crippen molar-refractivity contribution in [1.29, 1.82) is 0 Å². The van der Waals surface area contributed by atoms with Crippen molar-refractivity contribution in [3.8, 4) is 5.75 Å². The molecule has 0 saturated heterocycles. The molecule has 6 heteroatoms. The number of hydrogen-bond acceptors (Lipinski definition) is 4. The lowest BCUT2D eigenvalue weighted by atomic mass is 10.0. The van der Waals surface area contributed by atoms with Gasteiger partial charge in [-0.3, -0.25) is 9.59 Å². The van der Waals surface area contributed by atoms with Crippen LogP contribution in [0.2, 0.25) is 0 Å². The fourth-order valence-corrected chi connectivity index (χ4v) is 2.38. The number of benzene rings is 2. The van der Waals surface area contributed by atoms with Crippen LogP contribution in [0, 0.1) is 0 Å². The van der Waals surface area contributed by atoms with Crippen LogP contribution >= 0.6 is 0 Å². The number of methoxy groups -OCH3 is 1. The summed E-state index contributed by atoms with van der Waals surface area (Å²) in [5, 5.41) is 6.32. The van der Waals surface area contributed by atoms with Gasteiger partial charge in [0.1, 0.15) is 5.75 Å². The van der Waals surface area contributed by atoms with E-state index in [-0.39, 0.29) is 0 Å². The van der Waals surface area contributed by atoms with Gasteiger partial charge in [0, 0.05) is 5.69 Å². The molecule has 2 amide bonds. The van der Waals surface area contributed by atoms with E-state index in [9.17, 15) is 9.59 Å². The molecule has 0 atom stereocenters. The molecule has 0 aliphatic heterocycles. The Morgan fingerprint density at radius 1 is 1.00 bits per heavy atom. The number of carbonyl (C=O) groups is 2. The van der Waals surface area contributed by atoms with Gasteiger partial charge in [0.25, 0.3) is 0 Å². The van der Waals surface area contributed by atoms with E-state index in [1.807, 2.05) is 25.1 Å². The predicted octanol–water partition coefficient (Wildman–Crippen LogP) is 3.96. The normalized spacial score (nSPS) is 11.5. The molecule has 146 valence electrons. The van der Waals surface area contributed by atoms with Gasteiger partial charge < -0.3 is 10.1 Å². The average Bonchev–Trinajstić information content (AvgIpc) is 2.68. The number of nitrogens with one attached hydrogen (secondary N) is 2. The van der Waals surface area contributed by atoms with Gasteiger partial charge in [0.05, 0.1) is 13.3 Å². The highest BCUT2D eigenvalue weighted by Crippen LogP contribution is 2.16. The lowest BCUT2D eigenvalue weighted by Gasteiger charge is -2.05. The number of anilines is 1. The molecule has 2 aromatic carbocycles. The van der Waals surface area contributed by atoms with Crippen LogP contribution < -0.4 is 15.5 Å². The molecule has 2 rings (SSSR count). The van der Waals surface area contributed by atoms with Crippen LogP contribution in [0.1, 0.15) is 37.8 Å². The first-order valence-electron chi connectivity index (χ1n) is 8.95. The van der Waals surface area contributed by atoms with Crippen LogP contribution in [0.3, 0.4) is 0 Å². The molecule has 0 bridgehead atoms. The van der Waals surface area contributed by atoms with Crippen molar-refractivity contribution in [1.82, 2.24) is 5.43 Å². The maximum absolute atomic E-state index is 11.9. The Morgan fingerprint density at radius 3 is 2.21 bits per heavy atom. The summed E-state index contributed by atoms with van der Waals surface area (Å²) in [7, 11) is 1.55. The van der Waals surface area contributed by atoms with E-state index in [1.165, 1.54) is 11.8 Å². The minimum Gasteiger partial charge on any atom is -0.497 e. The minimum absolute atomic E-state index is 0.486. The first-order chi connectivity index (χ1) is 13.4. The maximum atomic E-state index is 11.9. The Labute approximate surface area is 165 Å². The summed E-state index contributed by atoms with van der Waals surface area (Å²) in [6.07, 6.45) is 3.44. The summed E-state index contributed by atoms with van der Waals surface area (Å²) >= 11 is 0. The Balaban J connectivity index is 1.87. The molecule has 28 heavy (non-hydrogen) atoms. The smallest absolute Gasteiger partial charge is 0.329 e. The van der Waals surface area contributed by atoms with Crippen LogP contribution in [-0.4, -0.2) is 25.1 Å². The second kappa shape index (κ2) is 10.1. The van der Waals surface area contributed by atoms with E-state index in [4.69, 9.17) is 4.74 Å². The summed E-state index contributed by atoms with van der Waals surface area (Å²) in [4.78, 5) is 23.7. The molecule has 2 N–H and O–H groups in total. The zero-order chi connectivity index (χ0) is 20.5. The van der Waals surface area contributed by atoms with E-state index in [2.05, 4.69) is 41.8 Å². The molecular formula is C22H25N3O3. The van der Waals surface area contributed by atoms with E-state index in [1.54, 1.807) is 31.4 Å².